The second-order valence-electron chi connectivity index (χ2n) is 5.49. The Labute approximate surface area is 134 Å². The molecule has 2 aromatic rings. The summed E-state index contributed by atoms with van der Waals surface area (Å²) in [5.74, 6) is 0. The van der Waals surface area contributed by atoms with E-state index in [4.69, 9.17) is 5.14 Å². The van der Waals surface area contributed by atoms with Crippen LogP contribution in [0.25, 0.3) is 11.3 Å². The van der Waals surface area contributed by atoms with Gasteiger partial charge in [-0.3, -0.25) is 4.68 Å². The molecule has 10 heteroatoms. The van der Waals surface area contributed by atoms with Crippen LogP contribution in [0.4, 0.5) is 0 Å². The van der Waals surface area contributed by atoms with Gasteiger partial charge in [-0.1, -0.05) is 12.1 Å². The van der Waals surface area contributed by atoms with Gasteiger partial charge >= 0.3 is 0 Å². The summed E-state index contributed by atoms with van der Waals surface area (Å²) in [4.78, 5) is 0.0574. The molecule has 9 nitrogen and oxygen atoms in total. The molecule has 1 aliphatic rings. The monoisotopic (exact) mass is 337 g/mol. The van der Waals surface area contributed by atoms with Crippen LogP contribution in [0, 0.1) is 0 Å². The summed E-state index contributed by atoms with van der Waals surface area (Å²) in [5, 5.41) is 9.71. The zero-order valence-corrected chi connectivity index (χ0v) is 13.6. The minimum Gasteiger partial charge on any atom is -0.262 e. The van der Waals surface area contributed by atoms with Gasteiger partial charge in [0.25, 0.3) is 0 Å². The van der Waals surface area contributed by atoms with E-state index < -0.39 is 16.2 Å². The quantitative estimate of drug-likeness (QED) is 0.527. The van der Waals surface area contributed by atoms with Crippen molar-refractivity contribution in [3.05, 3.63) is 36.0 Å². The minimum absolute atomic E-state index is 0.0574. The molecular weight excluding hydrogens is 318 g/mol. The van der Waals surface area contributed by atoms with Crippen LogP contribution in [0.2, 0.25) is 0 Å². The zero-order chi connectivity index (χ0) is 16.6. The second kappa shape index (κ2) is 6.00. The highest BCUT2D eigenvalue weighted by molar-refractivity contribution is 7.89. The first-order valence-electron chi connectivity index (χ1n) is 7.10. The molecule has 0 amide bonds. The molecule has 1 fully saturated rings. The summed E-state index contributed by atoms with van der Waals surface area (Å²) in [6.45, 7) is 4.02. The number of nitrogens with zero attached hydrogens (tertiary/aromatic N) is 2. The molecule has 1 saturated heterocycles. The van der Waals surface area contributed by atoms with Crippen molar-refractivity contribution in [1.29, 1.82) is 0 Å². The predicted molar refractivity (Wildman–Crippen MR) is 84.7 cm³/mol. The van der Waals surface area contributed by atoms with Crippen LogP contribution in [0.3, 0.4) is 0 Å². The Balaban J connectivity index is 2.26. The fraction of sp³-hybridized carbons (Fsp3) is 0.308. The molecule has 0 atom stereocenters. The predicted octanol–water partition coefficient (Wildman–Crippen LogP) is -0.106. The Morgan fingerprint density at radius 2 is 1.91 bits per heavy atom. The summed E-state index contributed by atoms with van der Waals surface area (Å²) in [6, 6.07) is 6.99. The topological polar surface area (TPSA) is 126 Å². The van der Waals surface area contributed by atoms with Crippen LogP contribution < -0.4 is 27.1 Å². The van der Waals surface area contributed by atoms with Gasteiger partial charge in [-0.15, -0.1) is 0 Å². The summed E-state index contributed by atoms with van der Waals surface area (Å²) < 4.78 is 25.9. The van der Waals surface area contributed by atoms with Crippen molar-refractivity contribution >= 4 is 10.0 Å². The Morgan fingerprint density at radius 1 is 1.22 bits per heavy atom. The van der Waals surface area contributed by atoms with Crippen molar-refractivity contribution in [1.82, 2.24) is 31.7 Å². The molecule has 0 spiro atoms. The SMILES string of the molecule is CC(C)n1nccc1-c1cccc(S(N)(=O)=O)c1C1NNNN1. The van der Waals surface area contributed by atoms with Gasteiger partial charge in [0.2, 0.25) is 10.0 Å². The van der Waals surface area contributed by atoms with Gasteiger partial charge in [-0.2, -0.15) is 16.2 Å². The number of hydrogen-bond acceptors (Lipinski definition) is 7. The van der Waals surface area contributed by atoms with Crippen molar-refractivity contribution in [3.8, 4) is 11.3 Å². The van der Waals surface area contributed by atoms with Gasteiger partial charge in [0.15, 0.2) is 0 Å². The van der Waals surface area contributed by atoms with Crippen molar-refractivity contribution in [2.75, 3.05) is 0 Å². The second-order valence-corrected chi connectivity index (χ2v) is 7.02. The summed E-state index contributed by atoms with van der Waals surface area (Å²) in [5.41, 5.74) is 13.3. The normalized spacial score (nSPS) is 16.3. The van der Waals surface area contributed by atoms with Crippen molar-refractivity contribution in [2.45, 2.75) is 31.0 Å². The average Bonchev–Trinajstić information content (AvgIpc) is 3.17. The Kier molecular flexibility index (Phi) is 4.19. The highest BCUT2D eigenvalue weighted by Crippen LogP contribution is 2.33. The van der Waals surface area contributed by atoms with Gasteiger partial charge < -0.3 is 0 Å². The molecule has 2 heterocycles. The van der Waals surface area contributed by atoms with Crippen LogP contribution in [0.15, 0.2) is 35.4 Å². The minimum atomic E-state index is -3.88. The highest BCUT2D eigenvalue weighted by Gasteiger charge is 2.28. The molecule has 0 saturated carbocycles. The fourth-order valence-corrected chi connectivity index (χ4v) is 3.45. The van der Waals surface area contributed by atoms with Gasteiger partial charge in [0, 0.05) is 23.4 Å². The number of hydrazine groups is 3. The number of nitrogens with two attached hydrogens (primary N) is 1. The molecule has 1 aromatic carbocycles. The number of benzene rings is 1. The van der Waals surface area contributed by atoms with E-state index in [1.807, 2.05) is 30.7 Å². The van der Waals surface area contributed by atoms with Gasteiger partial charge in [0.05, 0.1) is 10.6 Å². The maximum atomic E-state index is 12.0. The summed E-state index contributed by atoms with van der Waals surface area (Å²) >= 11 is 0. The standard InChI is InChI=1S/C13H19N7O2S/c1-8(2)20-10(6-7-15-20)9-4-3-5-11(23(14,21)22)12(9)13-16-18-19-17-13/h3-8,13,16-19H,1-2H3,(H2,14,21,22). The zero-order valence-electron chi connectivity index (χ0n) is 12.7. The number of aromatic nitrogens is 2. The maximum absolute atomic E-state index is 12.0. The number of sulfonamides is 1. The molecule has 1 aromatic heterocycles. The molecule has 124 valence electrons. The lowest BCUT2D eigenvalue weighted by atomic mass is 10.0. The van der Waals surface area contributed by atoms with E-state index in [1.165, 1.54) is 6.07 Å². The van der Waals surface area contributed by atoms with Crippen molar-refractivity contribution in [3.63, 3.8) is 0 Å². The molecule has 0 radical (unpaired) electrons. The Hall–Kier alpha value is -1.82. The molecule has 3 rings (SSSR count). The van der Waals surface area contributed by atoms with Crippen LogP contribution in [-0.2, 0) is 10.0 Å². The molecule has 0 aliphatic carbocycles. The highest BCUT2D eigenvalue weighted by atomic mass is 32.2. The lowest BCUT2D eigenvalue weighted by Gasteiger charge is -2.20. The number of rotatable bonds is 4. The van der Waals surface area contributed by atoms with E-state index in [1.54, 1.807) is 12.3 Å². The van der Waals surface area contributed by atoms with Gasteiger partial charge in [0.1, 0.15) is 6.17 Å². The summed E-state index contributed by atoms with van der Waals surface area (Å²) in [7, 11) is -3.88. The molecule has 0 unspecified atom stereocenters. The molecule has 23 heavy (non-hydrogen) atoms. The average molecular weight is 337 g/mol. The van der Waals surface area contributed by atoms with E-state index in [9.17, 15) is 8.42 Å². The van der Waals surface area contributed by atoms with Crippen molar-refractivity contribution in [2.24, 2.45) is 5.14 Å². The van der Waals surface area contributed by atoms with Crippen LogP contribution in [0.1, 0.15) is 31.6 Å². The first-order valence-corrected chi connectivity index (χ1v) is 8.65. The third kappa shape index (κ3) is 3.00. The van der Waals surface area contributed by atoms with E-state index in [0.717, 1.165) is 11.3 Å². The third-order valence-corrected chi connectivity index (χ3v) is 4.56. The Morgan fingerprint density at radius 3 is 2.52 bits per heavy atom. The molecule has 6 N–H and O–H groups in total. The number of hydrogen-bond donors (Lipinski definition) is 5. The first kappa shape index (κ1) is 16.1. The molecular formula is C13H19N7O2S. The maximum Gasteiger partial charge on any atom is 0.238 e. The smallest absolute Gasteiger partial charge is 0.238 e. The van der Waals surface area contributed by atoms with Gasteiger partial charge in [-0.05, 0) is 26.0 Å². The van der Waals surface area contributed by atoms with Crippen LogP contribution in [0.5, 0.6) is 0 Å². The summed E-state index contributed by atoms with van der Waals surface area (Å²) in [6.07, 6.45) is 1.21. The number of nitrogens with one attached hydrogen (secondary N) is 4. The fourth-order valence-electron chi connectivity index (χ4n) is 2.65. The van der Waals surface area contributed by atoms with E-state index in [-0.39, 0.29) is 10.9 Å². The lowest BCUT2D eigenvalue weighted by Crippen LogP contribution is -2.33. The van der Waals surface area contributed by atoms with Crippen molar-refractivity contribution < 1.29 is 8.42 Å². The van der Waals surface area contributed by atoms with Crippen LogP contribution >= 0.6 is 0 Å². The first-order chi connectivity index (χ1) is 10.9. The molecule has 0 bridgehead atoms. The Bertz CT molecular complexity index is 809. The number of primary sulfonamides is 1. The van der Waals surface area contributed by atoms with Gasteiger partial charge in [-0.25, -0.2) is 24.4 Å². The largest absolute Gasteiger partial charge is 0.262 e. The van der Waals surface area contributed by atoms with Crippen LogP contribution in [-0.4, -0.2) is 18.2 Å². The lowest BCUT2D eigenvalue weighted by molar-refractivity contribution is 0.528. The third-order valence-electron chi connectivity index (χ3n) is 3.59. The molecule has 1 aliphatic heterocycles. The van der Waals surface area contributed by atoms with E-state index >= 15 is 0 Å². The van der Waals surface area contributed by atoms with E-state index in [2.05, 4.69) is 27.0 Å². The van der Waals surface area contributed by atoms with E-state index in [0.29, 0.717) is 5.56 Å².